The Labute approximate surface area is 164 Å². The molecule has 0 aliphatic rings. The molecule has 3 aromatic rings. The number of ketones is 1. The fourth-order valence-corrected chi connectivity index (χ4v) is 3.63. The number of Topliss-reactive ketones (excluding diaryl/α,β-unsaturated/α-hetero) is 1. The van der Waals surface area contributed by atoms with Crippen LogP contribution in [0.15, 0.2) is 58.2 Å². The van der Waals surface area contributed by atoms with Crippen LogP contribution < -0.4 is 4.74 Å². The molecule has 1 heterocycles. The zero-order valence-electron chi connectivity index (χ0n) is 14.6. The van der Waals surface area contributed by atoms with Gasteiger partial charge in [0, 0.05) is 22.6 Å². The van der Waals surface area contributed by atoms with Crippen LogP contribution in [0.1, 0.15) is 17.3 Å². The van der Waals surface area contributed by atoms with Gasteiger partial charge in [0.25, 0.3) is 0 Å². The molecule has 0 amide bonds. The van der Waals surface area contributed by atoms with Crippen molar-refractivity contribution in [3.63, 3.8) is 0 Å². The molecule has 0 bridgehead atoms. The van der Waals surface area contributed by atoms with Crippen molar-refractivity contribution in [3.05, 3.63) is 58.6 Å². The fourth-order valence-electron chi connectivity index (χ4n) is 2.47. The lowest BCUT2D eigenvalue weighted by Crippen LogP contribution is -2.14. The summed E-state index contributed by atoms with van der Waals surface area (Å²) in [6.45, 7) is 1.89. The molecule has 5 nitrogen and oxygen atoms in total. The van der Waals surface area contributed by atoms with Crippen LogP contribution in [0.3, 0.4) is 0 Å². The number of methoxy groups -OCH3 is 1. The van der Waals surface area contributed by atoms with Crippen LogP contribution in [-0.2, 0) is 7.05 Å². The van der Waals surface area contributed by atoms with E-state index in [1.54, 1.807) is 7.11 Å². The van der Waals surface area contributed by atoms with Crippen LogP contribution >= 0.6 is 27.7 Å². The van der Waals surface area contributed by atoms with Crippen LogP contribution in [-0.4, -0.2) is 32.9 Å². The van der Waals surface area contributed by atoms with Crippen LogP contribution in [0.5, 0.6) is 5.75 Å². The molecule has 134 valence electrons. The molecule has 3 rings (SSSR count). The first-order valence-electron chi connectivity index (χ1n) is 8.00. The SMILES string of the molecule is COc1ccc(-c2nnc(SC(C)C(=O)c3ccc(Br)cc3)n2C)cc1. The zero-order chi connectivity index (χ0) is 18.7. The van der Waals surface area contributed by atoms with E-state index in [9.17, 15) is 4.79 Å². The Morgan fingerprint density at radius 2 is 1.77 bits per heavy atom. The highest BCUT2D eigenvalue weighted by Gasteiger charge is 2.20. The lowest BCUT2D eigenvalue weighted by atomic mass is 10.1. The third kappa shape index (κ3) is 3.99. The summed E-state index contributed by atoms with van der Waals surface area (Å²) < 4.78 is 8.03. The Morgan fingerprint density at radius 1 is 1.12 bits per heavy atom. The summed E-state index contributed by atoms with van der Waals surface area (Å²) in [6, 6.07) is 15.0. The lowest BCUT2D eigenvalue weighted by molar-refractivity contribution is 0.0994. The Bertz CT molecular complexity index is 908. The largest absolute Gasteiger partial charge is 0.497 e. The Hall–Kier alpha value is -2.12. The van der Waals surface area contributed by atoms with E-state index >= 15 is 0 Å². The van der Waals surface area contributed by atoms with Crippen LogP contribution in [0, 0.1) is 0 Å². The average molecular weight is 432 g/mol. The molecule has 2 aromatic carbocycles. The number of thioether (sulfide) groups is 1. The molecule has 0 saturated carbocycles. The minimum Gasteiger partial charge on any atom is -0.497 e. The topological polar surface area (TPSA) is 57.0 Å². The number of aromatic nitrogens is 3. The molecule has 0 spiro atoms. The number of rotatable bonds is 6. The van der Waals surface area contributed by atoms with Gasteiger partial charge in [-0.3, -0.25) is 4.79 Å². The first-order valence-corrected chi connectivity index (χ1v) is 9.67. The molecule has 0 aliphatic heterocycles. The van der Waals surface area contributed by atoms with Gasteiger partial charge in [0.05, 0.1) is 12.4 Å². The maximum Gasteiger partial charge on any atom is 0.191 e. The van der Waals surface area contributed by atoms with E-state index in [-0.39, 0.29) is 11.0 Å². The fraction of sp³-hybridized carbons (Fsp3) is 0.211. The monoisotopic (exact) mass is 431 g/mol. The Balaban J connectivity index is 1.76. The number of nitrogens with zero attached hydrogens (tertiary/aromatic N) is 3. The van der Waals surface area contributed by atoms with Gasteiger partial charge >= 0.3 is 0 Å². The van der Waals surface area contributed by atoms with Gasteiger partial charge in [0.1, 0.15) is 5.75 Å². The highest BCUT2D eigenvalue weighted by atomic mass is 79.9. The number of carbonyl (C=O) groups is 1. The summed E-state index contributed by atoms with van der Waals surface area (Å²) in [5.74, 6) is 1.61. The van der Waals surface area contributed by atoms with Gasteiger partial charge in [0.2, 0.25) is 0 Å². The van der Waals surface area contributed by atoms with Crippen molar-refractivity contribution in [3.8, 4) is 17.1 Å². The van der Waals surface area contributed by atoms with Gasteiger partial charge in [-0.1, -0.05) is 39.8 Å². The van der Waals surface area contributed by atoms with Gasteiger partial charge in [-0.05, 0) is 43.3 Å². The quantitative estimate of drug-likeness (QED) is 0.421. The highest BCUT2D eigenvalue weighted by Crippen LogP contribution is 2.28. The second kappa shape index (κ2) is 8.05. The van der Waals surface area contributed by atoms with E-state index < -0.39 is 0 Å². The minimum atomic E-state index is -0.261. The van der Waals surface area contributed by atoms with Crippen molar-refractivity contribution in [2.24, 2.45) is 7.05 Å². The summed E-state index contributed by atoms with van der Waals surface area (Å²) in [4.78, 5) is 12.6. The maximum absolute atomic E-state index is 12.6. The van der Waals surface area contributed by atoms with Crippen LogP contribution in [0.25, 0.3) is 11.4 Å². The van der Waals surface area contributed by atoms with Crippen molar-refractivity contribution in [1.29, 1.82) is 0 Å². The van der Waals surface area contributed by atoms with Gasteiger partial charge in [-0.15, -0.1) is 10.2 Å². The van der Waals surface area contributed by atoms with Crippen molar-refractivity contribution in [2.75, 3.05) is 7.11 Å². The van der Waals surface area contributed by atoms with Crippen molar-refractivity contribution in [2.45, 2.75) is 17.3 Å². The van der Waals surface area contributed by atoms with Crippen LogP contribution in [0.4, 0.5) is 0 Å². The zero-order valence-corrected chi connectivity index (χ0v) is 17.0. The molecule has 0 aliphatic carbocycles. The molecular weight excluding hydrogens is 414 g/mol. The molecule has 0 fully saturated rings. The standard InChI is InChI=1S/C19H18BrN3O2S/c1-12(17(24)13-4-8-15(20)9-5-13)26-19-22-21-18(23(19)2)14-6-10-16(25-3)11-7-14/h4-12H,1-3H3. The Kier molecular flexibility index (Phi) is 5.78. The minimum absolute atomic E-state index is 0.0662. The summed E-state index contributed by atoms with van der Waals surface area (Å²) >= 11 is 4.79. The second-order valence-corrected chi connectivity index (χ2v) is 7.95. The summed E-state index contributed by atoms with van der Waals surface area (Å²) in [5, 5.41) is 8.96. The van der Waals surface area contributed by atoms with E-state index in [2.05, 4.69) is 26.1 Å². The summed E-state index contributed by atoms with van der Waals surface area (Å²) in [7, 11) is 3.54. The molecule has 0 radical (unpaired) electrons. The van der Waals surface area contributed by atoms with Gasteiger partial charge in [-0.2, -0.15) is 0 Å². The van der Waals surface area contributed by atoms with Crippen molar-refractivity contribution in [1.82, 2.24) is 14.8 Å². The van der Waals surface area contributed by atoms with Crippen molar-refractivity contribution >= 4 is 33.5 Å². The van der Waals surface area contributed by atoms with E-state index in [0.29, 0.717) is 10.7 Å². The average Bonchev–Trinajstić information content (AvgIpc) is 3.02. The smallest absolute Gasteiger partial charge is 0.191 e. The third-order valence-electron chi connectivity index (χ3n) is 3.96. The molecule has 26 heavy (non-hydrogen) atoms. The number of halogens is 1. The molecule has 1 unspecified atom stereocenters. The van der Waals surface area contributed by atoms with Crippen molar-refractivity contribution < 1.29 is 9.53 Å². The van der Waals surface area contributed by atoms with Gasteiger partial charge < -0.3 is 9.30 Å². The van der Waals surface area contributed by atoms with Gasteiger partial charge in [-0.25, -0.2) is 0 Å². The molecule has 1 atom stereocenters. The second-order valence-electron chi connectivity index (χ2n) is 5.72. The Morgan fingerprint density at radius 3 is 2.38 bits per heavy atom. The predicted octanol–water partition coefficient (Wildman–Crippen LogP) is 4.62. The molecule has 7 heteroatoms. The molecular formula is C19H18BrN3O2S. The first kappa shape index (κ1) is 18.7. The predicted molar refractivity (Wildman–Crippen MR) is 107 cm³/mol. The lowest BCUT2D eigenvalue weighted by Gasteiger charge is -2.10. The number of ether oxygens (including phenoxy) is 1. The highest BCUT2D eigenvalue weighted by molar-refractivity contribution is 9.10. The third-order valence-corrected chi connectivity index (χ3v) is 5.63. The summed E-state index contributed by atoms with van der Waals surface area (Å²) in [6.07, 6.45) is 0. The molecule has 0 saturated heterocycles. The number of carbonyl (C=O) groups excluding carboxylic acids is 1. The van der Waals surface area contributed by atoms with Gasteiger partial charge in [0.15, 0.2) is 16.8 Å². The number of benzene rings is 2. The molecule has 1 aromatic heterocycles. The number of hydrogen-bond acceptors (Lipinski definition) is 5. The summed E-state index contributed by atoms with van der Waals surface area (Å²) in [5.41, 5.74) is 1.63. The normalized spacial score (nSPS) is 12.0. The van der Waals surface area contributed by atoms with E-state index in [1.807, 2.05) is 67.1 Å². The maximum atomic E-state index is 12.6. The van der Waals surface area contributed by atoms with E-state index in [0.717, 1.165) is 21.6 Å². The molecule has 0 N–H and O–H groups in total. The first-order chi connectivity index (χ1) is 12.5. The number of hydrogen-bond donors (Lipinski definition) is 0. The van der Waals surface area contributed by atoms with E-state index in [1.165, 1.54) is 11.8 Å². The van der Waals surface area contributed by atoms with E-state index in [4.69, 9.17) is 4.74 Å². The van der Waals surface area contributed by atoms with Crippen LogP contribution in [0.2, 0.25) is 0 Å².